The van der Waals surface area contributed by atoms with E-state index in [4.69, 9.17) is 26.1 Å². The molecule has 0 bridgehead atoms. The number of carbonyl (C=O) groups is 2. The molecule has 0 aliphatic heterocycles. The van der Waals surface area contributed by atoms with Crippen molar-refractivity contribution in [3.8, 4) is 22.6 Å². The van der Waals surface area contributed by atoms with Crippen LogP contribution in [0.2, 0.25) is 0 Å². The molecule has 3 aromatic carbocycles. The highest BCUT2D eigenvalue weighted by atomic mass is 32.2. The average Bonchev–Trinajstić information content (AvgIpc) is 2.73. The van der Waals surface area contributed by atoms with Crippen LogP contribution < -0.4 is 21.3 Å². The van der Waals surface area contributed by atoms with E-state index in [1.807, 2.05) is 0 Å². The molecule has 0 saturated heterocycles. The van der Waals surface area contributed by atoms with Crippen LogP contribution in [0.4, 0.5) is 5.69 Å². The van der Waals surface area contributed by atoms with Crippen molar-refractivity contribution in [1.29, 1.82) is 0 Å². The smallest absolute Gasteiger partial charge is 0.337 e. The predicted octanol–water partition coefficient (Wildman–Crippen LogP) is 2.26. The van der Waals surface area contributed by atoms with Gasteiger partial charge in [0.2, 0.25) is 10.0 Å². The van der Waals surface area contributed by atoms with E-state index in [0.717, 1.165) is 0 Å². The van der Waals surface area contributed by atoms with Gasteiger partial charge in [-0.1, -0.05) is 18.2 Å². The summed E-state index contributed by atoms with van der Waals surface area (Å²) in [5.41, 5.74) is 12.9. The molecule has 10 heteroatoms. The van der Waals surface area contributed by atoms with Crippen LogP contribution >= 0.6 is 0 Å². The summed E-state index contributed by atoms with van der Waals surface area (Å²) in [6.45, 7) is 0. The van der Waals surface area contributed by atoms with Gasteiger partial charge in [0.1, 0.15) is 11.5 Å². The Morgan fingerprint density at radius 3 is 2.19 bits per heavy atom. The lowest BCUT2D eigenvalue weighted by atomic mass is 9.99. The van der Waals surface area contributed by atoms with Crippen molar-refractivity contribution < 1.29 is 27.5 Å². The van der Waals surface area contributed by atoms with Gasteiger partial charge in [0.25, 0.3) is 5.91 Å². The molecular formula is C21H19N3O6S. The average molecular weight is 441 g/mol. The van der Waals surface area contributed by atoms with Crippen molar-refractivity contribution in [2.75, 3.05) is 12.8 Å². The number of primary amides is 1. The molecule has 3 aromatic rings. The number of carbonyl (C=O) groups excluding carboxylic acids is 2. The van der Waals surface area contributed by atoms with Gasteiger partial charge in [-0.2, -0.15) is 0 Å². The van der Waals surface area contributed by atoms with Crippen molar-refractivity contribution in [1.82, 2.24) is 0 Å². The number of amides is 1. The van der Waals surface area contributed by atoms with Gasteiger partial charge < -0.3 is 20.9 Å². The van der Waals surface area contributed by atoms with E-state index in [1.54, 1.807) is 24.3 Å². The highest BCUT2D eigenvalue weighted by Crippen LogP contribution is 2.35. The Morgan fingerprint density at radius 2 is 1.61 bits per heavy atom. The maximum absolute atomic E-state index is 11.9. The number of methoxy groups -OCH3 is 1. The third-order valence-corrected chi connectivity index (χ3v) is 5.33. The minimum Gasteiger partial charge on any atom is -0.465 e. The Hall–Kier alpha value is -3.89. The normalized spacial score (nSPS) is 11.0. The summed E-state index contributed by atoms with van der Waals surface area (Å²) in [5, 5.41) is 5.13. The molecule has 160 valence electrons. The van der Waals surface area contributed by atoms with Crippen LogP contribution in [0.5, 0.6) is 11.5 Å². The fraction of sp³-hybridized carbons (Fsp3) is 0.0476. The Bertz CT molecular complexity index is 1270. The molecule has 0 aliphatic carbocycles. The van der Waals surface area contributed by atoms with Crippen LogP contribution in [0.15, 0.2) is 65.6 Å². The minimum absolute atomic E-state index is 0.0205. The molecule has 1 amide bonds. The summed E-state index contributed by atoms with van der Waals surface area (Å²) < 4.78 is 33.5. The van der Waals surface area contributed by atoms with E-state index < -0.39 is 21.9 Å². The first-order valence-electron chi connectivity index (χ1n) is 8.83. The lowest BCUT2D eigenvalue weighted by molar-refractivity contribution is 0.0600. The van der Waals surface area contributed by atoms with Gasteiger partial charge in [-0.3, -0.25) is 4.79 Å². The number of anilines is 1. The summed E-state index contributed by atoms with van der Waals surface area (Å²) >= 11 is 0. The highest BCUT2D eigenvalue weighted by molar-refractivity contribution is 7.89. The number of benzene rings is 3. The zero-order valence-electron chi connectivity index (χ0n) is 16.4. The lowest BCUT2D eigenvalue weighted by Crippen LogP contribution is -2.14. The molecule has 3 rings (SSSR count). The van der Waals surface area contributed by atoms with Crippen molar-refractivity contribution >= 4 is 27.6 Å². The summed E-state index contributed by atoms with van der Waals surface area (Å²) in [6, 6.07) is 14.9. The van der Waals surface area contributed by atoms with Crippen LogP contribution in [0, 0.1) is 0 Å². The topological polar surface area (TPSA) is 165 Å². The van der Waals surface area contributed by atoms with Crippen LogP contribution in [-0.4, -0.2) is 27.4 Å². The molecular weight excluding hydrogens is 422 g/mol. The fourth-order valence-electron chi connectivity index (χ4n) is 2.89. The SMILES string of the molecule is COC(=O)c1cccc(Oc2cc(C(N)=O)c(N)c(-c3ccc(S(N)(=O)=O)cc3)c2)c1. The highest BCUT2D eigenvalue weighted by Gasteiger charge is 2.16. The number of sulfonamides is 1. The maximum atomic E-state index is 11.9. The van der Waals surface area contributed by atoms with Gasteiger partial charge >= 0.3 is 5.97 Å². The van der Waals surface area contributed by atoms with E-state index in [2.05, 4.69) is 0 Å². The number of rotatable bonds is 6. The zero-order chi connectivity index (χ0) is 22.8. The summed E-state index contributed by atoms with van der Waals surface area (Å²) in [7, 11) is -2.60. The number of primary sulfonamides is 1. The second-order valence-electron chi connectivity index (χ2n) is 6.49. The number of esters is 1. The van der Waals surface area contributed by atoms with Gasteiger partial charge in [-0.25, -0.2) is 18.4 Å². The molecule has 0 fully saturated rings. The molecule has 6 N–H and O–H groups in total. The molecule has 0 aromatic heterocycles. The molecule has 31 heavy (non-hydrogen) atoms. The molecule has 0 spiro atoms. The first-order chi connectivity index (χ1) is 14.6. The van der Waals surface area contributed by atoms with E-state index >= 15 is 0 Å². The van der Waals surface area contributed by atoms with Gasteiger partial charge in [0.15, 0.2) is 0 Å². The van der Waals surface area contributed by atoms with Crippen LogP contribution in [0.3, 0.4) is 0 Å². The van der Waals surface area contributed by atoms with Crippen LogP contribution in [0.25, 0.3) is 11.1 Å². The van der Waals surface area contributed by atoms with Gasteiger partial charge in [0, 0.05) is 5.56 Å². The largest absolute Gasteiger partial charge is 0.465 e. The number of hydrogen-bond acceptors (Lipinski definition) is 7. The van der Waals surface area contributed by atoms with Crippen molar-refractivity contribution in [2.24, 2.45) is 10.9 Å². The number of ether oxygens (including phenoxy) is 2. The molecule has 0 atom stereocenters. The fourth-order valence-corrected chi connectivity index (χ4v) is 3.41. The summed E-state index contributed by atoms with van der Waals surface area (Å²) in [4.78, 5) is 23.6. The van der Waals surface area contributed by atoms with Crippen molar-refractivity contribution in [3.05, 3.63) is 71.8 Å². The number of nitrogen functional groups attached to an aromatic ring is 1. The Kier molecular flexibility index (Phi) is 5.95. The molecule has 0 saturated carbocycles. The van der Waals surface area contributed by atoms with Crippen LogP contribution in [0.1, 0.15) is 20.7 Å². The summed E-state index contributed by atoms with van der Waals surface area (Å²) in [6.07, 6.45) is 0. The van der Waals surface area contributed by atoms with Crippen molar-refractivity contribution in [2.45, 2.75) is 4.90 Å². The van der Waals surface area contributed by atoms with Gasteiger partial charge in [-0.05, 0) is 48.0 Å². The predicted molar refractivity (Wildman–Crippen MR) is 114 cm³/mol. The zero-order valence-corrected chi connectivity index (χ0v) is 17.2. The Balaban J connectivity index is 2.06. The molecule has 9 nitrogen and oxygen atoms in total. The standard InChI is InChI=1S/C21H19N3O6S/c1-29-21(26)13-3-2-4-14(9-13)30-15-10-17(19(22)18(11-15)20(23)25)12-5-7-16(8-6-12)31(24,27)28/h2-11H,22H2,1H3,(H2,23,25)(H2,24,27,28). The molecule has 0 aliphatic rings. The first-order valence-corrected chi connectivity index (χ1v) is 10.4. The molecule has 0 heterocycles. The monoisotopic (exact) mass is 441 g/mol. The quantitative estimate of drug-likeness (QED) is 0.390. The van der Waals surface area contributed by atoms with Gasteiger partial charge in [-0.15, -0.1) is 0 Å². The van der Waals surface area contributed by atoms with Crippen LogP contribution in [-0.2, 0) is 14.8 Å². The van der Waals surface area contributed by atoms with E-state index in [9.17, 15) is 18.0 Å². The van der Waals surface area contributed by atoms with E-state index in [1.165, 1.54) is 43.5 Å². The first kappa shape index (κ1) is 21.8. The van der Waals surface area contributed by atoms with Gasteiger partial charge in [0.05, 0.1) is 28.8 Å². The number of hydrogen-bond donors (Lipinski definition) is 3. The summed E-state index contributed by atoms with van der Waals surface area (Å²) in [5.74, 6) is -0.751. The number of nitrogens with two attached hydrogens (primary N) is 3. The molecule has 0 radical (unpaired) electrons. The maximum Gasteiger partial charge on any atom is 0.337 e. The minimum atomic E-state index is -3.86. The lowest BCUT2D eigenvalue weighted by Gasteiger charge is -2.14. The second-order valence-corrected chi connectivity index (χ2v) is 8.05. The molecule has 0 unspecified atom stereocenters. The second kappa shape index (κ2) is 8.46. The third-order valence-electron chi connectivity index (χ3n) is 4.40. The van der Waals surface area contributed by atoms with E-state index in [-0.39, 0.29) is 27.5 Å². The van der Waals surface area contributed by atoms with Crippen molar-refractivity contribution in [3.63, 3.8) is 0 Å². The van der Waals surface area contributed by atoms with E-state index in [0.29, 0.717) is 16.9 Å². The third kappa shape index (κ3) is 4.82. The Labute approximate surface area is 178 Å². The Morgan fingerprint density at radius 1 is 0.935 bits per heavy atom.